The lowest BCUT2D eigenvalue weighted by Gasteiger charge is -2.14. The standard InChI is InChI=1S/C9H8BF3O2/c11-7-8(10(14)15,9(7,12)13)6-4-2-1-3-5-6/h1-5,7,14-15H. The Hall–Kier alpha value is -1.01. The van der Waals surface area contributed by atoms with Crippen molar-refractivity contribution in [2.45, 2.75) is 17.4 Å². The first kappa shape index (κ1) is 10.5. The number of benzene rings is 1. The fraction of sp³-hybridized carbons (Fsp3) is 0.333. The van der Waals surface area contributed by atoms with E-state index in [0.717, 1.165) is 0 Å². The van der Waals surface area contributed by atoms with Crippen molar-refractivity contribution in [3.63, 3.8) is 0 Å². The van der Waals surface area contributed by atoms with Gasteiger partial charge in [-0.15, -0.1) is 0 Å². The van der Waals surface area contributed by atoms with Crippen LogP contribution in [0.1, 0.15) is 5.56 Å². The van der Waals surface area contributed by atoms with Crippen molar-refractivity contribution in [3.8, 4) is 0 Å². The Labute approximate surface area is 84.5 Å². The molecule has 0 aromatic heterocycles. The number of halogens is 3. The SMILES string of the molecule is OB(O)C1(c2ccccc2)C(F)C1(F)F. The molecule has 0 saturated heterocycles. The average Bonchev–Trinajstić information content (AvgIpc) is 2.64. The van der Waals surface area contributed by atoms with Crippen LogP contribution in [0.25, 0.3) is 0 Å². The summed E-state index contributed by atoms with van der Waals surface area (Å²) in [5, 5.41) is 15.4. The van der Waals surface area contributed by atoms with Crippen LogP contribution in [0.4, 0.5) is 13.2 Å². The van der Waals surface area contributed by atoms with E-state index in [9.17, 15) is 13.2 Å². The molecule has 2 rings (SSSR count). The topological polar surface area (TPSA) is 40.5 Å². The summed E-state index contributed by atoms with van der Waals surface area (Å²) in [6.07, 6.45) is -2.55. The normalized spacial score (nSPS) is 32.5. The third kappa shape index (κ3) is 1.09. The Morgan fingerprint density at radius 1 is 1.13 bits per heavy atom. The minimum atomic E-state index is -3.72. The summed E-state index contributed by atoms with van der Waals surface area (Å²) in [6.45, 7) is 0. The molecule has 1 aliphatic carbocycles. The maximum Gasteiger partial charge on any atom is 0.472 e. The van der Waals surface area contributed by atoms with Gasteiger partial charge in [0.05, 0.1) is 0 Å². The lowest BCUT2D eigenvalue weighted by molar-refractivity contribution is 0.0744. The number of hydrogen-bond donors (Lipinski definition) is 2. The van der Waals surface area contributed by atoms with Gasteiger partial charge in [-0.05, 0) is 5.56 Å². The number of hydrogen-bond acceptors (Lipinski definition) is 2. The maximum atomic E-state index is 13.1. The molecular weight excluding hydrogens is 208 g/mol. The van der Waals surface area contributed by atoms with Gasteiger partial charge in [0.25, 0.3) is 5.92 Å². The van der Waals surface area contributed by atoms with E-state index in [0.29, 0.717) is 0 Å². The Balaban J connectivity index is 2.49. The van der Waals surface area contributed by atoms with E-state index in [2.05, 4.69) is 0 Å². The molecule has 2 N–H and O–H groups in total. The molecule has 0 heterocycles. The molecule has 2 nitrogen and oxygen atoms in total. The van der Waals surface area contributed by atoms with Crippen LogP contribution in [0, 0.1) is 0 Å². The van der Waals surface area contributed by atoms with Gasteiger partial charge in [0.2, 0.25) is 0 Å². The molecule has 0 spiro atoms. The second-order valence-corrected chi connectivity index (χ2v) is 3.59. The fourth-order valence-corrected chi connectivity index (χ4v) is 1.89. The first-order valence-corrected chi connectivity index (χ1v) is 4.39. The number of rotatable bonds is 2. The van der Waals surface area contributed by atoms with E-state index >= 15 is 0 Å². The molecule has 2 atom stereocenters. The van der Waals surface area contributed by atoms with Gasteiger partial charge in [0.1, 0.15) is 5.31 Å². The highest BCUT2D eigenvalue weighted by molar-refractivity contribution is 6.48. The molecular formula is C9H8BF3O2. The van der Waals surface area contributed by atoms with Gasteiger partial charge in [0.15, 0.2) is 6.17 Å². The van der Waals surface area contributed by atoms with Crippen molar-refractivity contribution in [2.24, 2.45) is 0 Å². The van der Waals surface area contributed by atoms with Crippen LogP contribution in [0.15, 0.2) is 30.3 Å². The molecule has 1 aromatic rings. The molecule has 80 valence electrons. The van der Waals surface area contributed by atoms with Crippen LogP contribution in [0.2, 0.25) is 0 Å². The molecule has 1 saturated carbocycles. The van der Waals surface area contributed by atoms with Crippen LogP contribution in [0.3, 0.4) is 0 Å². The summed E-state index contributed by atoms with van der Waals surface area (Å²) in [5.74, 6) is -3.72. The summed E-state index contributed by atoms with van der Waals surface area (Å²) < 4.78 is 39.2. The predicted octanol–water partition coefficient (Wildman–Crippen LogP) is 0.923. The Morgan fingerprint density at radius 2 is 1.60 bits per heavy atom. The van der Waals surface area contributed by atoms with Gasteiger partial charge in [-0.3, -0.25) is 0 Å². The van der Waals surface area contributed by atoms with Crippen molar-refractivity contribution >= 4 is 7.12 Å². The fourth-order valence-electron chi connectivity index (χ4n) is 1.89. The Kier molecular flexibility index (Phi) is 2.10. The van der Waals surface area contributed by atoms with Crippen LogP contribution in [0.5, 0.6) is 0 Å². The Morgan fingerprint density at radius 3 is 1.93 bits per heavy atom. The van der Waals surface area contributed by atoms with Gasteiger partial charge < -0.3 is 10.0 Å². The summed E-state index contributed by atoms with van der Waals surface area (Å²) in [6, 6.07) is 6.98. The largest absolute Gasteiger partial charge is 0.472 e. The van der Waals surface area contributed by atoms with Crippen LogP contribution in [-0.4, -0.2) is 29.3 Å². The van der Waals surface area contributed by atoms with Crippen molar-refractivity contribution in [2.75, 3.05) is 0 Å². The highest BCUT2D eigenvalue weighted by atomic mass is 19.3. The quantitative estimate of drug-likeness (QED) is 0.721. The second kappa shape index (κ2) is 2.99. The smallest absolute Gasteiger partial charge is 0.426 e. The van der Waals surface area contributed by atoms with Crippen molar-refractivity contribution in [3.05, 3.63) is 35.9 Å². The molecule has 2 unspecified atom stereocenters. The zero-order valence-corrected chi connectivity index (χ0v) is 7.57. The highest BCUT2D eigenvalue weighted by Crippen LogP contribution is 2.63. The van der Waals surface area contributed by atoms with E-state index in [-0.39, 0.29) is 5.56 Å². The molecule has 15 heavy (non-hydrogen) atoms. The average molecular weight is 216 g/mol. The Bertz CT molecular complexity index is 371. The molecule has 0 aliphatic heterocycles. The summed E-state index contributed by atoms with van der Waals surface area (Å²) in [7, 11) is -2.41. The minimum absolute atomic E-state index is 0.0995. The molecule has 1 aliphatic rings. The van der Waals surface area contributed by atoms with Crippen LogP contribution < -0.4 is 0 Å². The van der Waals surface area contributed by atoms with Crippen molar-refractivity contribution < 1.29 is 23.2 Å². The summed E-state index contributed by atoms with van der Waals surface area (Å²) in [5.41, 5.74) is -0.0995. The van der Waals surface area contributed by atoms with Gasteiger partial charge in [-0.1, -0.05) is 30.3 Å². The number of alkyl halides is 3. The molecule has 0 amide bonds. The molecule has 1 fully saturated rings. The molecule has 0 bridgehead atoms. The van der Waals surface area contributed by atoms with E-state index in [1.54, 1.807) is 6.07 Å². The molecule has 1 aromatic carbocycles. The second-order valence-electron chi connectivity index (χ2n) is 3.59. The van der Waals surface area contributed by atoms with E-state index in [4.69, 9.17) is 10.0 Å². The van der Waals surface area contributed by atoms with Gasteiger partial charge in [-0.2, -0.15) is 0 Å². The van der Waals surface area contributed by atoms with Gasteiger partial charge >= 0.3 is 7.12 Å². The van der Waals surface area contributed by atoms with E-state index in [1.165, 1.54) is 24.3 Å². The lowest BCUT2D eigenvalue weighted by Crippen LogP contribution is -2.37. The molecule has 0 radical (unpaired) electrons. The van der Waals surface area contributed by atoms with Crippen LogP contribution >= 0.6 is 0 Å². The van der Waals surface area contributed by atoms with Gasteiger partial charge in [0, 0.05) is 0 Å². The van der Waals surface area contributed by atoms with Crippen molar-refractivity contribution in [1.82, 2.24) is 0 Å². The summed E-state index contributed by atoms with van der Waals surface area (Å²) in [4.78, 5) is 0. The van der Waals surface area contributed by atoms with Crippen molar-refractivity contribution in [1.29, 1.82) is 0 Å². The monoisotopic (exact) mass is 216 g/mol. The van der Waals surface area contributed by atoms with E-state index < -0.39 is 24.5 Å². The zero-order valence-electron chi connectivity index (χ0n) is 7.57. The van der Waals surface area contributed by atoms with E-state index in [1.807, 2.05) is 0 Å². The zero-order chi connectivity index (χ0) is 11.3. The lowest BCUT2D eigenvalue weighted by atomic mass is 9.64. The first-order valence-electron chi connectivity index (χ1n) is 4.39. The third-order valence-electron chi connectivity index (χ3n) is 2.85. The van der Waals surface area contributed by atoms with Crippen LogP contribution in [-0.2, 0) is 5.31 Å². The maximum absolute atomic E-state index is 13.1. The third-order valence-corrected chi connectivity index (χ3v) is 2.85. The highest BCUT2D eigenvalue weighted by Gasteiger charge is 2.87. The first-order chi connectivity index (χ1) is 6.95. The van der Waals surface area contributed by atoms with Gasteiger partial charge in [-0.25, -0.2) is 13.2 Å². The molecule has 6 heteroatoms. The minimum Gasteiger partial charge on any atom is -0.426 e. The summed E-state index contributed by atoms with van der Waals surface area (Å²) >= 11 is 0. The predicted molar refractivity (Wildman–Crippen MR) is 48.2 cm³/mol.